The van der Waals surface area contributed by atoms with Crippen LogP contribution in [0, 0.1) is 6.92 Å². The molecule has 0 spiro atoms. The second-order valence-corrected chi connectivity index (χ2v) is 7.08. The van der Waals surface area contributed by atoms with E-state index in [1.807, 2.05) is 67.6 Å². The van der Waals surface area contributed by atoms with E-state index in [9.17, 15) is 4.21 Å². The minimum Gasteiger partial charge on any atom is -0.384 e. The third-order valence-electron chi connectivity index (χ3n) is 3.93. The van der Waals surface area contributed by atoms with Gasteiger partial charge in [-0.25, -0.2) is 14.2 Å². The lowest BCUT2D eigenvalue weighted by molar-refractivity contribution is 0.684. The van der Waals surface area contributed by atoms with E-state index in [-0.39, 0.29) is 0 Å². The Balaban J connectivity index is 1.98. The SMILES string of the molecule is Cc1nc(-c2ccccc2)c2[nH]c(N)c(S(=O)c3ccccc3)c2n1. The lowest BCUT2D eigenvalue weighted by atomic mass is 10.1. The molecule has 0 aliphatic heterocycles. The van der Waals surface area contributed by atoms with Crippen LogP contribution < -0.4 is 5.73 Å². The summed E-state index contributed by atoms with van der Waals surface area (Å²) in [7, 11) is -1.42. The van der Waals surface area contributed by atoms with Gasteiger partial charge in [-0.05, 0) is 19.1 Å². The minimum absolute atomic E-state index is 0.356. The number of nitrogen functional groups attached to an aromatic ring is 1. The monoisotopic (exact) mass is 348 g/mol. The number of benzene rings is 2. The molecule has 2 aromatic carbocycles. The predicted octanol–water partition coefficient (Wildman–Crippen LogP) is 3.68. The quantitative estimate of drug-likeness (QED) is 0.591. The highest BCUT2D eigenvalue weighted by Crippen LogP contribution is 2.34. The average Bonchev–Trinajstić information content (AvgIpc) is 2.97. The molecule has 0 aliphatic carbocycles. The molecule has 0 saturated carbocycles. The highest BCUT2D eigenvalue weighted by molar-refractivity contribution is 7.85. The van der Waals surface area contributed by atoms with Gasteiger partial charge in [0, 0.05) is 10.5 Å². The number of rotatable bonds is 3. The fourth-order valence-electron chi connectivity index (χ4n) is 2.83. The number of H-pyrrole nitrogens is 1. The Morgan fingerprint density at radius 2 is 1.60 bits per heavy atom. The number of anilines is 1. The van der Waals surface area contributed by atoms with Crippen LogP contribution in [0.5, 0.6) is 0 Å². The second-order valence-electron chi connectivity index (χ2n) is 5.66. The zero-order valence-corrected chi connectivity index (χ0v) is 14.4. The van der Waals surface area contributed by atoms with E-state index in [2.05, 4.69) is 15.0 Å². The van der Waals surface area contributed by atoms with Crippen molar-refractivity contribution in [1.29, 1.82) is 0 Å². The summed E-state index contributed by atoms with van der Waals surface area (Å²) in [6, 6.07) is 19.1. The molecule has 0 bridgehead atoms. The van der Waals surface area contributed by atoms with Crippen molar-refractivity contribution in [1.82, 2.24) is 15.0 Å². The van der Waals surface area contributed by atoms with Gasteiger partial charge >= 0.3 is 0 Å². The van der Waals surface area contributed by atoms with Crippen molar-refractivity contribution in [2.75, 3.05) is 5.73 Å². The van der Waals surface area contributed by atoms with Gasteiger partial charge < -0.3 is 10.7 Å². The Hall–Kier alpha value is -2.99. The summed E-state index contributed by atoms with van der Waals surface area (Å²) in [4.78, 5) is 13.4. The maximum atomic E-state index is 13.1. The van der Waals surface area contributed by atoms with Gasteiger partial charge in [0.2, 0.25) is 0 Å². The number of hydrogen-bond donors (Lipinski definition) is 2. The first-order valence-corrected chi connectivity index (χ1v) is 8.98. The van der Waals surface area contributed by atoms with Crippen LogP contribution in [0.25, 0.3) is 22.3 Å². The molecule has 6 heteroatoms. The molecule has 0 saturated heterocycles. The van der Waals surface area contributed by atoms with Gasteiger partial charge in [0.15, 0.2) is 0 Å². The van der Waals surface area contributed by atoms with Crippen LogP contribution in [0.2, 0.25) is 0 Å². The first kappa shape index (κ1) is 15.5. The molecule has 0 aliphatic rings. The number of nitrogens with two attached hydrogens (primary N) is 1. The number of nitrogens with zero attached hydrogens (tertiary/aromatic N) is 2. The molecule has 4 rings (SSSR count). The van der Waals surface area contributed by atoms with Crippen molar-refractivity contribution < 1.29 is 4.21 Å². The van der Waals surface area contributed by atoms with Gasteiger partial charge in [0.1, 0.15) is 22.1 Å². The van der Waals surface area contributed by atoms with Crippen LogP contribution in [0.3, 0.4) is 0 Å². The molecule has 5 nitrogen and oxygen atoms in total. The summed E-state index contributed by atoms with van der Waals surface area (Å²) in [5, 5.41) is 0. The van der Waals surface area contributed by atoms with E-state index >= 15 is 0 Å². The Bertz CT molecular complexity index is 1070. The van der Waals surface area contributed by atoms with Gasteiger partial charge in [-0.15, -0.1) is 0 Å². The van der Waals surface area contributed by atoms with Crippen molar-refractivity contribution >= 4 is 27.7 Å². The van der Waals surface area contributed by atoms with Crippen LogP contribution in [0.4, 0.5) is 5.82 Å². The zero-order valence-electron chi connectivity index (χ0n) is 13.6. The van der Waals surface area contributed by atoms with Crippen LogP contribution >= 0.6 is 0 Å². The van der Waals surface area contributed by atoms with Crippen molar-refractivity contribution in [3.05, 3.63) is 66.5 Å². The van der Waals surface area contributed by atoms with Gasteiger partial charge in [0.25, 0.3) is 0 Å². The fourth-order valence-corrected chi connectivity index (χ4v) is 4.04. The number of aryl methyl sites for hydroxylation is 1. The van der Waals surface area contributed by atoms with E-state index < -0.39 is 10.8 Å². The summed E-state index contributed by atoms with van der Waals surface area (Å²) >= 11 is 0. The molecule has 0 fully saturated rings. The van der Waals surface area contributed by atoms with Crippen molar-refractivity contribution in [2.24, 2.45) is 0 Å². The van der Waals surface area contributed by atoms with E-state index in [1.165, 1.54) is 0 Å². The number of aromatic amines is 1. The highest BCUT2D eigenvalue weighted by atomic mass is 32.2. The van der Waals surface area contributed by atoms with E-state index in [0.29, 0.717) is 32.5 Å². The highest BCUT2D eigenvalue weighted by Gasteiger charge is 2.21. The zero-order chi connectivity index (χ0) is 17.4. The van der Waals surface area contributed by atoms with Crippen molar-refractivity contribution in [3.63, 3.8) is 0 Å². The van der Waals surface area contributed by atoms with Gasteiger partial charge in [-0.3, -0.25) is 0 Å². The van der Waals surface area contributed by atoms with Crippen LogP contribution in [-0.2, 0) is 10.8 Å². The van der Waals surface area contributed by atoms with Crippen LogP contribution in [0.15, 0.2) is 70.5 Å². The standard InChI is InChI=1S/C19H16N4OS/c1-12-21-15(13-8-4-2-5-9-13)16-17(22-12)18(19(20)23-16)25(24)14-10-6-3-7-11-14/h2-11,23H,20H2,1H3. The molecule has 1 atom stereocenters. The summed E-state index contributed by atoms with van der Waals surface area (Å²) in [6.07, 6.45) is 0. The molecule has 4 aromatic rings. The van der Waals surface area contributed by atoms with E-state index in [1.54, 1.807) is 0 Å². The maximum Gasteiger partial charge on any atom is 0.126 e. The predicted molar refractivity (Wildman–Crippen MR) is 99.6 cm³/mol. The summed E-state index contributed by atoms with van der Waals surface area (Å²) in [5.74, 6) is 0.964. The molecule has 3 N–H and O–H groups in total. The third-order valence-corrected chi connectivity index (χ3v) is 5.41. The maximum absolute atomic E-state index is 13.1. The smallest absolute Gasteiger partial charge is 0.126 e. The molecule has 0 radical (unpaired) electrons. The van der Waals surface area contributed by atoms with Crippen LogP contribution in [0.1, 0.15) is 5.82 Å². The Morgan fingerprint density at radius 3 is 2.28 bits per heavy atom. The first-order chi connectivity index (χ1) is 12.1. The topological polar surface area (TPSA) is 84.7 Å². The summed E-state index contributed by atoms with van der Waals surface area (Å²) in [6.45, 7) is 1.82. The van der Waals surface area contributed by atoms with Crippen molar-refractivity contribution in [2.45, 2.75) is 16.7 Å². The lowest BCUT2D eigenvalue weighted by Gasteiger charge is -2.05. The summed E-state index contributed by atoms with van der Waals surface area (Å²) < 4.78 is 13.1. The van der Waals surface area contributed by atoms with Gasteiger partial charge in [-0.1, -0.05) is 48.5 Å². The molecular weight excluding hydrogens is 332 g/mol. The number of aromatic nitrogens is 3. The Morgan fingerprint density at radius 1 is 0.960 bits per heavy atom. The normalized spacial score (nSPS) is 12.4. The molecule has 2 aromatic heterocycles. The lowest BCUT2D eigenvalue weighted by Crippen LogP contribution is -1.98. The first-order valence-electron chi connectivity index (χ1n) is 7.83. The molecule has 124 valence electrons. The third kappa shape index (κ3) is 2.70. The molecule has 0 amide bonds. The Kier molecular flexibility index (Phi) is 3.82. The second kappa shape index (κ2) is 6.14. The fraction of sp³-hybridized carbons (Fsp3) is 0.0526. The minimum atomic E-state index is -1.42. The van der Waals surface area contributed by atoms with Crippen LogP contribution in [-0.4, -0.2) is 19.2 Å². The average molecular weight is 348 g/mol. The largest absolute Gasteiger partial charge is 0.384 e. The Labute approximate surface area is 147 Å². The van der Waals surface area contributed by atoms with Gasteiger partial charge in [0.05, 0.1) is 22.0 Å². The number of nitrogens with one attached hydrogen (secondary N) is 1. The summed E-state index contributed by atoms with van der Waals surface area (Å²) in [5.41, 5.74) is 9.19. The van der Waals surface area contributed by atoms with E-state index in [0.717, 1.165) is 11.3 Å². The molecular formula is C19H16N4OS. The molecule has 1 unspecified atom stereocenters. The number of fused-ring (bicyclic) bond motifs is 1. The molecule has 25 heavy (non-hydrogen) atoms. The van der Waals surface area contributed by atoms with E-state index in [4.69, 9.17) is 5.73 Å². The molecule has 2 heterocycles. The van der Waals surface area contributed by atoms with Crippen molar-refractivity contribution in [3.8, 4) is 11.3 Å². The number of hydrogen-bond acceptors (Lipinski definition) is 4. The van der Waals surface area contributed by atoms with Gasteiger partial charge in [-0.2, -0.15) is 0 Å².